The third kappa shape index (κ3) is 5.25. The van der Waals surface area contributed by atoms with Gasteiger partial charge in [0.2, 0.25) is 0 Å². The van der Waals surface area contributed by atoms with Crippen LogP contribution in [0.4, 0.5) is 18.9 Å². The van der Waals surface area contributed by atoms with Crippen LogP contribution in [0.15, 0.2) is 52.9 Å². The number of aryl methyl sites for hydroxylation is 1. The molecule has 4 aromatic rings. The highest BCUT2D eigenvalue weighted by atomic mass is 32.2. The van der Waals surface area contributed by atoms with E-state index in [2.05, 4.69) is 0 Å². The Morgan fingerprint density at radius 2 is 1.90 bits per heavy atom. The largest absolute Gasteiger partial charge is 0.516 e. The monoisotopic (exact) mass is 561 g/mol. The fourth-order valence-electron chi connectivity index (χ4n) is 4.51. The number of nitrogens with one attached hydrogen (secondary N) is 1. The Labute approximate surface area is 222 Å². The van der Waals surface area contributed by atoms with E-state index in [1.165, 1.54) is 18.2 Å². The van der Waals surface area contributed by atoms with E-state index >= 15 is 0 Å². The summed E-state index contributed by atoms with van der Waals surface area (Å²) >= 11 is 0. The van der Waals surface area contributed by atoms with Crippen molar-refractivity contribution in [2.45, 2.75) is 51.1 Å². The molecule has 39 heavy (non-hydrogen) atoms. The Kier molecular flexibility index (Phi) is 6.91. The van der Waals surface area contributed by atoms with E-state index in [-0.39, 0.29) is 29.5 Å². The van der Waals surface area contributed by atoms with Crippen molar-refractivity contribution in [2.24, 2.45) is 0 Å². The number of rotatable bonds is 9. The minimum Gasteiger partial charge on any atom is -0.461 e. The number of sulfonamides is 1. The van der Waals surface area contributed by atoms with Gasteiger partial charge in [-0.3, -0.25) is 4.72 Å². The van der Waals surface area contributed by atoms with Gasteiger partial charge in [-0.1, -0.05) is 25.1 Å². The molecule has 2 aromatic carbocycles. The normalized spacial score (nSPS) is 14.1. The summed E-state index contributed by atoms with van der Waals surface area (Å²) in [5.74, 6) is 0.822. The van der Waals surface area contributed by atoms with Crippen LogP contribution >= 0.6 is 0 Å². The van der Waals surface area contributed by atoms with Gasteiger partial charge in [0, 0.05) is 29.8 Å². The molecule has 0 radical (unpaired) electrons. The van der Waals surface area contributed by atoms with Crippen LogP contribution in [0.25, 0.3) is 22.3 Å². The summed E-state index contributed by atoms with van der Waals surface area (Å²) in [4.78, 5) is 17.6. The topological polar surface area (TPSA) is 103 Å². The number of hydrogen-bond acceptors (Lipinski definition) is 6. The lowest BCUT2D eigenvalue weighted by atomic mass is 10.1. The molecule has 2 heterocycles. The fraction of sp³-hybridized carbons (Fsp3) is 0.333. The number of benzene rings is 2. The van der Waals surface area contributed by atoms with E-state index in [1.807, 2.05) is 23.6 Å². The summed E-state index contributed by atoms with van der Waals surface area (Å²) in [6, 6.07) is 12.7. The first-order valence-corrected chi connectivity index (χ1v) is 14.0. The second kappa shape index (κ2) is 10.1. The number of carbonyl (C=O) groups is 1. The highest BCUT2D eigenvalue weighted by Gasteiger charge is 2.46. The lowest BCUT2D eigenvalue weighted by molar-refractivity contribution is -0.0429. The first kappa shape index (κ1) is 26.8. The van der Waals surface area contributed by atoms with Crippen molar-refractivity contribution < 1.29 is 35.5 Å². The molecule has 8 nitrogen and oxygen atoms in total. The highest BCUT2D eigenvalue weighted by Crippen LogP contribution is 2.42. The van der Waals surface area contributed by atoms with Crippen molar-refractivity contribution in [2.75, 3.05) is 11.3 Å². The molecule has 206 valence electrons. The van der Waals surface area contributed by atoms with Gasteiger partial charge < -0.3 is 13.7 Å². The predicted octanol–water partition coefficient (Wildman–Crippen LogP) is 6.22. The number of nitrogens with zero attached hydrogens (tertiary/aromatic N) is 2. The van der Waals surface area contributed by atoms with E-state index < -0.39 is 21.5 Å². The average molecular weight is 562 g/mol. The second-order valence-electron chi connectivity index (χ2n) is 9.28. The Morgan fingerprint density at radius 1 is 1.15 bits per heavy atom. The van der Waals surface area contributed by atoms with Crippen LogP contribution in [0.1, 0.15) is 60.2 Å². The maximum absolute atomic E-state index is 13.0. The Bertz CT molecular complexity index is 1650. The van der Waals surface area contributed by atoms with E-state index in [0.29, 0.717) is 29.6 Å². The quantitative estimate of drug-likeness (QED) is 0.243. The molecular formula is C27H26F3N3O5S. The molecule has 0 bridgehead atoms. The summed E-state index contributed by atoms with van der Waals surface area (Å²) in [5.41, 5.74) is -3.01. The number of alkyl halides is 3. The summed E-state index contributed by atoms with van der Waals surface area (Å²) in [6.45, 7) is 4.34. The summed E-state index contributed by atoms with van der Waals surface area (Å²) in [7, 11) is -5.61. The first-order valence-electron chi connectivity index (χ1n) is 12.5. The predicted molar refractivity (Wildman–Crippen MR) is 139 cm³/mol. The molecule has 5 rings (SSSR count). The summed E-state index contributed by atoms with van der Waals surface area (Å²) < 4.78 is 77.0. The van der Waals surface area contributed by atoms with Crippen LogP contribution in [0.5, 0.6) is 0 Å². The van der Waals surface area contributed by atoms with Gasteiger partial charge in [0.25, 0.3) is 0 Å². The third-order valence-corrected chi connectivity index (χ3v) is 7.58. The minimum absolute atomic E-state index is 0.157. The zero-order valence-electron chi connectivity index (χ0n) is 21.2. The molecule has 0 aliphatic heterocycles. The smallest absolute Gasteiger partial charge is 0.461 e. The fourth-order valence-corrected chi connectivity index (χ4v) is 5.09. The molecule has 0 spiro atoms. The van der Waals surface area contributed by atoms with Gasteiger partial charge >= 0.3 is 21.5 Å². The number of imidazole rings is 1. The van der Waals surface area contributed by atoms with Crippen molar-refractivity contribution in [3.05, 3.63) is 71.3 Å². The Balaban J connectivity index is 1.50. The molecule has 0 atom stereocenters. The molecule has 2 aromatic heterocycles. The van der Waals surface area contributed by atoms with Crippen LogP contribution < -0.4 is 4.72 Å². The number of halogens is 3. The molecule has 0 unspecified atom stereocenters. The van der Waals surface area contributed by atoms with Crippen LogP contribution in [-0.2, 0) is 27.7 Å². The van der Waals surface area contributed by atoms with Gasteiger partial charge in [0.05, 0.1) is 18.0 Å². The second-order valence-corrected chi connectivity index (χ2v) is 10.9. The first-order chi connectivity index (χ1) is 18.5. The lowest BCUT2D eigenvalue weighted by Crippen LogP contribution is -2.30. The zero-order valence-corrected chi connectivity index (χ0v) is 22.0. The Morgan fingerprint density at radius 3 is 2.56 bits per heavy atom. The van der Waals surface area contributed by atoms with E-state index in [9.17, 15) is 26.4 Å². The zero-order chi connectivity index (χ0) is 27.9. The van der Waals surface area contributed by atoms with Crippen molar-refractivity contribution in [1.29, 1.82) is 0 Å². The van der Waals surface area contributed by atoms with Crippen molar-refractivity contribution >= 4 is 32.6 Å². The van der Waals surface area contributed by atoms with Crippen LogP contribution in [0, 0.1) is 0 Å². The number of ether oxygens (including phenoxy) is 1. The van der Waals surface area contributed by atoms with Crippen molar-refractivity contribution in [1.82, 2.24) is 9.55 Å². The molecule has 1 N–H and O–H groups in total. The van der Waals surface area contributed by atoms with Gasteiger partial charge in [-0.25, -0.2) is 9.78 Å². The number of aromatic nitrogens is 2. The van der Waals surface area contributed by atoms with E-state index in [0.717, 1.165) is 29.9 Å². The Hall–Kier alpha value is -3.80. The number of para-hydroxylation sites is 1. The molecule has 1 aliphatic carbocycles. The number of carbonyl (C=O) groups excluding carboxylic acids is 1. The third-order valence-electron chi connectivity index (χ3n) is 6.49. The van der Waals surface area contributed by atoms with Crippen molar-refractivity contribution in [3.8, 4) is 11.3 Å². The van der Waals surface area contributed by atoms with Crippen LogP contribution in [0.2, 0.25) is 0 Å². The molecule has 0 amide bonds. The lowest BCUT2D eigenvalue weighted by Gasteiger charge is -2.12. The van der Waals surface area contributed by atoms with Crippen LogP contribution in [-0.4, -0.2) is 36.1 Å². The average Bonchev–Trinajstić information content (AvgIpc) is 3.53. The van der Waals surface area contributed by atoms with Gasteiger partial charge in [0.15, 0.2) is 5.69 Å². The maximum Gasteiger partial charge on any atom is 0.516 e. The minimum atomic E-state index is -5.61. The SMILES string of the molecule is CCOC(=O)c1c(C2CC2)nc(CC)n1Cc1ccc2oc(-c3ccccc3NS(=O)(=O)C(F)(F)F)cc2c1. The van der Waals surface area contributed by atoms with Crippen LogP contribution in [0.3, 0.4) is 0 Å². The summed E-state index contributed by atoms with van der Waals surface area (Å²) in [5, 5.41) is 0.661. The van der Waals surface area contributed by atoms with E-state index in [4.69, 9.17) is 14.1 Å². The number of hydrogen-bond donors (Lipinski definition) is 1. The number of esters is 1. The molecule has 12 heteroatoms. The molecule has 1 fully saturated rings. The van der Waals surface area contributed by atoms with Gasteiger partial charge in [-0.2, -0.15) is 21.6 Å². The van der Waals surface area contributed by atoms with Gasteiger partial charge in [-0.05, 0) is 55.7 Å². The maximum atomic E-state index is 13.0. The molecule has 1 aliphatic rings. The standard InChI is InChI=1S/C27H26F3N3O5S/c1-3-23-31-24(17-10-11-17)25(26(34)37-4-2)33(23)15-16-9-12-21-18(13-16)14-22(38-21)19-7-5-6-8-20(19)32-39(35,36)27(28,29)30/h5-9,12-14,17,32H,3-4,10-11,15H2,1-2H3. The molecular weight excluding hydrogens is 535 g/mol. The molecule has 1 saturated carbocycles. The van der Waals surface area contributed by atoms with E-state index in [1.54, 1.807) is 29.8 Å². The highest BCUT2D eigenvalue weighted by molar-refractivity contribution is 7.93. The summed E-state index contributed by atoms with van der Waals surface area (Å²) in [6.07, 6.45) is 2.59. The number of fused-ring (bicyclic) bond motifs is 1. The van der Waals surface area contributed by atoms with Crippen molar-refractivity contribution in [3.63, 3.8) is 0 Å². The van der Waals surface area contributed by atoms with Gasteiger partial charge in [-0.15, -0.1) is 0 Å². The van der Waals surface area contributed by atoms with Gasteiger partial charge in [0.1, 0.15) is 17.2 Å². The number of anilines is 1. The number of furan rings is 1. The molecule has 0 saturated heterocycles.